The maximum atomic E-state index is 9.02. The van der Waals surface area contributed by atoms with Crippen molar-refractivity contribution in [2.75, 3.05) is 0 Å². The van der Waals surface area contributed by atoms with Crippen LogP contribution >= 0.6 is 0 Å². The Balaban J connectivity index is 2.34. The summed E-state index contributed by atoms with van der Waals surface area (Å²) >= 11 is 0. The molecule has 0 aliphatic heterocycles. The van der Waals surface area contributed by atoms with Crippen molar-refractivity contribution >= 4 is 0 Å². The Morgan fingerprint density at radius 1 is 1.62 bits per heavy atom. The van der Waals surface area contributed by atoms with Crippen LogP contribution in [0.5, 0.6) is 0 Å². The normalized spacial score (nSPS) is 30.6. The van der Waals surface area contributed by atoms with Crippen LogP contribution < -0.4 is 0 Å². The van der Waals surface area contributed by atoms with Gasteiger partial charge in [0.2, 0.25) is 0 Å². The van der Waals surface area contributed by atoms with Gasteiger partial charge in [0.1, 0.15) is 0 Å². The molecule has 1 aliphatic rings. The molecule has 1 N–H and O–H groups in total. The fraction of sp³-hybridized carbons (Fsp3) is 0.714. The highest BCUT2D eigenvalue weighted by Crippen LogP contribution is 2.20. The van der Waals surface area contributed by atoms with Gasteiger partial charge < -0.3 is 5.11 Å². The van der Waals surface area contributed by atoms with E-state index in [2.05, 4.69) is 6.58 Å². The van der Waals surface area contributed by atoms with E-state index in [9.17, 15) is 0 Å². The molecule has 1 atom stereocenters. The Labute approximate surface area is 50.0 Å². The van der Waals surface area contributed by atoms with Crippen molar-refractivity contribution in [3.8, 4) is 0 Å². The second kappa shape index (κ2) is 2.31. The SMILES string of the molecule is C=C1CCC[C@H](O)C1. The topological polar surface area (TPSA) is 20.2 Å². The van der Waals surface area contributed by atoms with Crippen LogP contribution in [0.4, 0.5) is 0 Å². The second-order valence-corrected chi connectivity index (χ2v) is 2.50. The molecule has 1 fully saturated rings. The molecule has 0 aromatic heterocycles. The molecule has 0 amide bonds. The third kappa shape index (κ3) is 1.34. The van der Waals surface area contributed by atoms with E-state index in [4.69, 9.17) is 5.11 Å². The summed E-state index contributed by atoms with van der Waals surface area (Å²) < 4.78 is 0. The summed E-state index contributed by atoms with van der Waals surface area (Å²) in [5.74, 6) is 0. The van der Waals surface area contributed by atoms with E-state index in [1.807, 2.05) is 0 Å². The molecule has 1 saturated carbocycles. The minimum absolute atomic E-state index is 0.0868. The van der Waals surface area contributed by atoms with Gasteiger partial charge in [0.15, 0.2) is 0 Å². The van der Waals surface area contributed by atoms with Crippen molar-refractivity contribution in [3.05, 3.63) is 12.2 Å². The first-order chi connectivity index (χ1) is 3.79. The monoisotopic (exact) mass is 112 g/mol. The molecule has 8 heavy (non-hydrogen) atoms. The first-order valence-electron chi connectivity index (χ1n) is 3.14. The standard InChI is InChI=1S/C7H12O/c1-6-3-2-4-7(8)5-6/h7-8H,1-5H2/t7-/m0/s1. The number of hydrogen-bond acceptors (Lipinski definition) is 1. The van der Waals surface area contributed by atoms with Gasteiger partial charge in [-0.2, -0.15) is 0 Å². The van der Waals surface area contributed by atoms with Crippen LogP contribution in [0, 0.1) is 0 Å². The molecule has 0 unspecified atom stereocenters. The lowest BCUT2D eigenvalue weighted by Gasteiger charge is -2.17. The summed E-state index contributed by atoms with van der Waals surface area (Å²) in [7, 11) is 0. The van der Waals surface area contributed by atoms with Crippen LogP contribution in [-0.2, 0) is 0 Å². The molecule has 1 nitrogen and oxygen atoms in total. The molecular formula is C7H12O. The van der Waals surface area contributed by atoms with E-state index >= 15 is 0 Å². The Kier molecular flexibility index (Phi) is 1.69. The summed E-state index contributed by atoms with van der Waals surface area (Å²) in [6, 6.07) is 0. The predicted octanol–water partition coefficient (Wildman–Crippen LogP) is 1.48. The zero-order chi connectivity index (χ0) is 5.98. The summed E-state index contributed by atoms with van der Waals surface area (Å²) in [5.41, 5.74) is 1.21. The first kappa shape index (κ1) is 5.83. The van der Waals surface area contributed by atoms with E-state index < -0.39 is 0 Å². The molecule has 1 aliphatic carbocycles. The van der Waals surface area contributed by atoms with Gasteiger partial charge >= 0.3 is 0 Å². The van der Waals surface area contributed by atoms with E-state index in [0.29, 0.717) is 0 Å². The van der Waals surface area contributed by atoms with E-state index in [-0.39, 0.29) is 6.10 Å². The van der Waals surface area contributed by atoms with Crippen molar-refractivity contribution < 1.29 is 5.11 Å². The smallest absolute Gasteiger partial charge is 0.0577 e. The molecule has 1 rings (SSSR count). The van der Waals surface area contributed by atoms with Crippen LogP contribution in [0.1, 0.15) is 25.7 Å². The average Bonchev–Trinajstić information content (AvgIpc) is 1.64. The van der Waals surface area contributed by atoms with Gasteiger partial charge in [0.05, 0.1) is 6.10 Å². The van der Waals surface area contributed by atoms with Gasteiger partial charge in [0.25, 0.3) is 0 Å². The molecule has 0 saturated heterocycles. The van der Waals surface area contributed by atoms with Gasteiger partial charge in [-0.3, -0.25) is 0 Å². The van der Waals surface area contributed by atoms with Crippen molar-refractivity contribution in [1.29, 1.82) is 0 Å². The van der Waals surface area contributed by atoms with E-state index in [0.717, 1.165) is 25.7 Å². The summed E-state index contributed by atoms with van der Waals surface area (Å²) in [4.78, 5) is 0. The van der Waals surface area contributed by atoms with Crippen molar-refractivity contribution in [3.63, 3.8) is 0 Å². The fourth-order valence-electron chi connectivity index (χ4n) is 1.13. The molecule has 1 heteroatoms. The lowest BCUT2D eigenvalue weighted by Crippen LogP contribution is -2.11. The Bertz CT molecular complexity index is 96.6. The van der Waals surface area contributed by atoms with Gasteiger partial charge in [0, 0.05) is 0 Å². The lowest BCUT2D eigenvalue weighted by molar-refractivity contribution is 0.150. The van der Waals surface area contributed by atoms with Crippen LogP contribution in [0.15, 0.2) is 12.2 Å². The van der Waals surface area contributed by atoms with Gasteiger partial charge in [-0.1, -0.05) is 12.2 Å². The fourth-order valence-corrected chi connectivity index (χ4v) is 1.13. The number of aliphatic hydroxyl groups excluding tert-OH is 1. The highest BCUT2D eigenvalue weighted by molar-refractivity contribution is 4.99. The largest absolute Gasteiger partial charge is 0.393 e. The first-order valence-corrected chi connectivity index (χ1v) is 3.14. The molecule has 46 valence electrons. The van der Waals surface area contributed by atoms with Gasteiger partial charge in [-0.25, -0.2) is 0 Å². The maximum Gasteiger partial charge on any atom is 0.0577 e. The van der Waals surface area contributed by atoms with Crippen molar-refractivity contribution in [2.45, 2.75) is 31.8 Å². The highest BCUT2D eigenvalue weighted by atomic mass is 16.3. The van der Waals surface area contributed by atoms with E-state index in [1.54, 1.807) is 0 Å². The van der Waals surface area contributed by atoms with E-state index in [1.165, 1.54) is 5.57 Å². The van der Waals surface area contributed by atoms with Crippen LogP contribution in [0.25, 0.3) is 0 Å². The Morgan fingerprint density at radius 2 is 2.38 bits per heavy atom. The molecule has 0 radical (unpaired) electrons. The summed E-state index contributed by atoms with van der Waals surface area (Å²) in [5, 5.41) is 9.02. The molecule has 0 bridgehead atoms. The molecule has 0 aromatic carbocycles. The predicted molar refractivity (Wildman–Crippen MR) is 33.6 cm³/mol. The Morgan fingerprint density at radius 3 is 2.75 bits per heavy atom. The number of aliphatic hydroxyl groups is 1. The van der Waals surface area contributed by atoms with Crippen LogP contribution in [-0.4, -0.2) is 11.2 Å². The second-order valence-electron chi connectivity index (χ2n) is 2.50. The number of hydrogen-bond donors (Lipinski definition) is 1. The molecule has 0 aromatic rings. The summed E-state index contributed by atoms with van der Waals surface area (Å²) in [6.07, 6.45) is 3.96. The summed E-state index contributed by atoms with van der Waals surface area (Å²) in [6.45, 7) is 3.80. The van der Waals surface area contributed by atoms with Crippen LogP contribution in [0.2, 0.25) is 0 Å². The van der Waals surface area contributed by atoms with Crippen molar-refractivity contribution in [1.82, 2.24) is 0 Å². The molecule has 0 spiro atoms. The molecule has 0 heterocycles. The van der Waals surface area contributed by atoms with Crippen LogP contribution in [0.3, 0.4) is 0 Å². The van der Waals surface area contributed by atoms with Gasteiger partial charge in [-0.05, 0) is 25.7 Å². The Hall–Kier alpha value is -0.300. The third-order valence-electron chi connectivity index (χ3n) is 1.59. The quantitative estimate of drug-likeness (QED) is 0.470. The third-order valence-corrected chi connectivity index (χ3v) is 1.59. The zero-order valence-electron chi connectivity index (χ0n) is 5.06. The minimum atomic E-state index is -0.0868. The number of rotatable bonds is 0. The average molecular weight is 112 g/mol. The van der Waals surface area contributed by atoms with Crippen molar-refractivity contribution in [2.24, 2.45) is 0 Å². The lowest BCUT2D eigenvalue weighted by atomic mass is 9.94. The minimum Gasteiger partial charge on any atom is -0.393 e. The highest BCUT2D eigenvalue weighted by Gasteiger charge is 2.11. The maximum absolute atomic E-state index is 9.02. The van der Waals surface area contributed by atoms with Gasteiger partial charge in [-0.15, -0.1) is 0 Å². The zero-order valence-corrected chi connectivity index (χ0v) is 5.06. The molecular weight excluding hydrogens is 100 g/mol.